The van der Waals surface area contributed by atoms with E-state index in [-0.39, 0.29) is 18.6 Å². The maximum atomic E-state index is 10.4. The van der Waals surface area contributed by atoms with Crippen LogP contribution < -0.4 is 0 Å². The molecule has 1 heterocycles. The zero-order valence-electron chi connectivity index (χ0n) is 6.84. The molecule has 13 heavy (non-hydrogen) atoms. The SMILES string of the molecule is O=C(O)N1CC[C@@H](OCS(=O)[O-])C1. The largest absolute Gasteiger partial charge is 0.771 e. The minimum absolute atomic E-state index is 0.256. The Kier molecular flexibility index (Phi) is 3.64. The Morgan fingerprint density at radius 2 is 2.46 bits per heavy atom. The monoisotopic (exact) mass is 208 g/mol. The van der Waals surface area contributed by atoms with Gasteiger partial charge in [0.2, 0.25) is 0 Å². The summed E-state index contributed by atoms with van der Waals surface area (Å²) in [7, 11) is 0. The van der Waals surface area contributed by atoms with Gasteiger partial charge in [-0.15, -0.1) is 0 Å². The quantitative estimate of drug-likeness (QED) is 0.637. The first-order valence-electron chi connectivity index (χ1n) is 3.75. The molecule has 1 saturated heterocycles. The Labute approximate surface area is 77.8 Å². The van der Waals surface area contributed by atoms with E-state index < -0.39 is 17.2 Å². The maximum Gasteiger partial charge on any atom is 0.407 e. The molecule has 1 amide bonds. The van der Waals surface area contributed by atoms with Gasteiger partial charge in [-0.3, -0.25) is 4.21 Å². The van der Waals surface area contributed by atoms with Crippen LogP contribution in [0.4, 0.5) is 4.79 Å². The van der Waals surface area contributed by atoms with Crippen LogP contribution in [0.5, 0.6) is 0 Å². The zero-order chi connectivity index (χ0) is 9.84. The van der Waals surface area contributed by atoms with E-state index in [0.717, 1.165) is 0 Å². The summed E-state index contributed by atoms with van der Waals surface area (Å²) >= 11 is -2.22. The maximum absolute atomic E-state index is 10.4. The molecule has 0 radical (unpaired) electrons. The normalized spacial score (nSPS) is 24.7. The number of hydrogen-bond donors (Lipinski definition) is 1. The number of amides is 1. The number of hydrogen-bond acceptors (Lipinski definition) is 4. The number of ether oxygens (including phenoxy) is 1. The summed E-state index contributed by atoms with van der Waals surface area (Å²) in [6, 6.07) is 0. The molecule has 1 fully saturated rings. The van der Waals surface area contributed by atoms with E-state index in [1.807, 2.05) is 0 Å². The molecule has 0 bridgehead atoms. The lowest BCUT2D eigenvalue weighted by atomic mass is 10.3. The molecular weight excluding hydrogens is 198 g/mol. The van der Waals surface area contributed by atoms with Crippen LogP contribution in [0.3, 0.4) is 0 Å². The lowest BCUT2D eigenvalue weighted by molar-refractivity contribution is 0.0883. The molecular formula is C6H10NO5S-. The van der Waals surface area contributed by atoms with Crippen molar-refractivity contribution in [3.8, 4) is 0 Å². The first kappa shape index (κ1) is 10.4. The van der Waals surface area contributed by atoms with Gasteiger partial charge in [-0.25, -0.2) is 4.79 Å². The molecule has 1 unspecified atom stereocenters. The highest BCUT2D eigenvalue weighted by atomic mass is 32.2. The first-order valence-corrected chi connectivity index (χ1v) is 4.99. The molecule has 2 atom stereocenters. The van der Waals surface area contributed by atoms with Gasteiger partial charge in [0.05, 0.1) is 12.6 Å². The molecule has 1 rings (SSSR count). The number of likely N-dealkylation sites (tertiary alicyclic amines) is 1. The van der Waals surface area contributed by atoms with Crippen molar-refractivity contribution in [2.24, 2.45) is 0 Å². The fourth-order valence-corrected chi connectivity index (χ4v) is 1.49. The van der Waals surface area contributed by atoms with Crippen molar-refractivity contribution in [3.63, 3.8) is 0 Å². The van der Waals surface area contributed by atoms with Crippen molar-refractivity contribution >= 4 is 17.2 Å². The lowest BCUT2D eigenvalue weighted by Crippen LogP contribution is -2.28. The standard InChI is InChI=1S/C6H11NO5S/c8-6(9)7-2-1-5(3-7)12-4-13(10)11/h5H,1-4H2,(H,8,9)(H,10,11)/p-1/t5-/m1/s1. The van der Waals surface area contributed by atoms with Gasteiger partial charge in [0.25, 0.3) is 0 Å². The van der Waals surface area contributed by atoms with Gasteiger partial charge < -0.3 is 19.3 Å². The Bertz CT molecular complexity index is 221. The summed E-state index contributed by atoms with van der Waals surface area (Å²) in [5.41, 5.74) is 0. The van der Waals surface area contributed by atoms with Crippen LogP contribution in [0, 0.1) is 0 Å². The van der Waals surface area contributed by atoms with Crippen LogP contribution in [0.25, 0.3) is 0 Å². The molecule has 0 aromatic carbocycles. The van der Waals surface area contributed by atoms with Crippen molar-refractivity contribution in [1.29, 1.82) is 0 Å². The molecule has 0 aromatic rings. The highest BCUT2D eigenvalue weighted by Gasteiger charge is 2.26. The third-order valence-corrected chi connectivity index (χ3v) is 2.14. The first-order chi connectivity index (χ1) is 6.09. The zero-order valence-corrected chi connectivity index (χ0v) is 7.66. The Hall–Kier alpha value is -0.660. The smallest absolute Gasteiger partial charge is 0.407 e. The fourth-order valence-electron chi connectivity index (χ4n) is 1.19. The van der Waals surface area contributed by atoms with E-state index in [1.54, 1.807) is 0 Å². The van der Waals surface area contributed by atoms with Crippen LogP contribution in [-0.4, -0.2) is 50.0 Å². The molecule has 1 aliphatic heterocycles. The topological polar surface area (TPSA) is 89.9 Å². The van der Waals surface area contributed by atoms with Crippen LogP contribution >= 0.6 is 0 Å². The van der Waals surface area contributed by atoms with E-state index >= 15 is 0 Å². The molecule has 1 N–H and O–H groups in total. The van der Waals surface area contributed by atoms with Crippen molar-refractivity contribution < 1.29 is 23.4 Å². The van der Waals surface area contributed by atoms with Crippen LogP contribution in [-0.2, 0) is 15.8 Å². The molecule has 0 saturated carbocycles. The van der Waals surface area contributed by atoms with Gasteiger partial charge in [-0.05, 0) is 17.5 Å². The highest BCUT2D eigenvalue weighted by Crippen LogP contribution is 2.12. The Morgan fingerprint density at radius 3 is 2.92 bits per heavy atom. The summed E-state index contributed by atoms with van der Waals surface area (Å²) in [5, 5.41) is 8.56. The summed E-state index contributed by atoms with van der Waals surface area (Å²) in [6.07, 6.45) is -0.716. The fraction of sp³-hybridized carbons (Fsp3) is 0.833. The third-order valence-electron chi connectivity index (χ3n) is 1.82. The average molecular weight is 208 g/mol. The van der Waals surface area contributed by atoms with Crippen molar-refractivity contribution in [1.82, 2.24) is 4.90 Å². The summed E-state index contributed by atoms with van der Waals surface area (Å²) in [5.74, 6) is -0.363. The Morgan fingerprint density at radius 1 is 1.77 bits per heavy atom. The predicted octanol–water partition coefficient (Wildman–Crippen LogP) is -0.408. The van der Waals surface area contributed by atoms with Crippen LogP contribution in [0.15, 0.2) is 0 Å². The van der Waals surface area contributed by atoms with Gasteiger partial charge in [0.1, 0.15) is 5.94 Å². The van der Waals surface area contributed by atoms with E-state index in [1.165, 1.54) is 4.90 Å². The summed E-state index contributed by atoms with van der Waals surface area (Å²) in [4.78, 5) is 11.6. The number of rotatable bonds is 3. The third kappa shape index (κ3) is 3.29. The highest BCUT2D eigenvalue weighted by molar-refractivity contribution is 7.78. The van der Waals surface area contributed by atoms with E-state index in [9.17, 15) is 13.6 Å². The second kappa shape index (κ2) is 4.54. The van der Waals surface area contributed by atoms with Gasteiger partial charge >= 0.3 is 6.09 Å². The molecule has 0 aromatic heterocycles. The minimum Gasteiger partial charge on any atom is -0.771 e. The average Bonchev–Trinajstić information content (AvgIpc) is 2.48. The number of carboxylic acid groups (broad SMARTS) is 1. The van der Waals surface area contributed by atoms with Crippen LogP contribution in [0.2, 0.25) is 0 Å². The minimum atomic E-state index is -2.22. The second-order valence-corrected chi connectivity index (χ2v) is 3.57. The summed E-state index contributed by atoms with van der Waals surface area (Å²) < 4.78 is 25.2. The lowest BCUT2D eigenvalue weighted by Gasteiger charge is -2.13. The van der Waals surface area contributed by atoms with E-state index in [4.69, 9.17) is 9.84 Å². The van der Waals surface area contributed by atoms with Gasteiger partial charge in [-0.2, -0.15) is 0 Å². The molecule has 0 aliphatic carbocycles. The van der Waals surface area contributed by atoms with E-state index in [0.29, 0.717) is 13.0 Å². The van der Waals surface area contributed by atoms with E-state index in [2.05, 4.69) is 0 Å². The number of nitrogens with zero attached hydrogens (tertiary/aromatic N) is 1. The molecule has 76 valence electrons. The molecule has 0 spiro atoms. The van der Waals surface area contributed by atoms with Crippen molar-refractivity contribution in [2.75, 3.05) is 19.0 Å². The van der Waals surface area contributed by atoms with Crippen LogP contribution in [0.1, 0.15) is 6.42 Å². The van der Waals surface area contributed by atoms with Crippen molar-refractivity contribution in [2.45, 2.75) is 12.5 Å². The molecule has 1 aliphatic rings. The molecule has 7 heteroatoms. The van der Waals surface area contributed by atoms with Gasteiger partial charge in [0.15, 0.2) is 0 Å². The molecule has 6 nitrogen and oxygen atoms in total. The van der Waals surface area contributed by atoms with Crippen molar-refractivity contribution in [3.05, 3.63) is 0 Å². The summed E-state index contributed by atoms with van der Waals surface area (Å²) in [6.45, 7) is 0.665. The number of carbonyl (C=O) groups is 1. The Balaban J connectivity index is 2.25. The van der Waals surface area contributed by atoms with Gasteiger partial charge in [-0.1, -0.05) is 0 Å². The van der Waals surface area contributed by atoms with Gasteiger partial charge in [0, 0.05) is 6.54 Å². The second-order valence-electron chi connectivity index (χ2n) is 2.73. The predicted molar refractivity (Wildman–Crippen MR) is 42.9 cm³/mol.